The molecule has 4 bridgehead atoms. The number of hydrogen-bond donors (Lipinski definition) is 3. The standard InChI is InChI=1S/C34H44N4O6/c1-23-10-12-27-17-26(23)19-35-31(40)28(13-11-24-7-4-3-5-8-24)36-32(41)29(37-33(42)34(2)21-43-22-34)18-30(39)38-15-6-9-25(20-38)14-16-44-27/h3-5,7-8,10,12,17,25,28-29H,6,9,11,13-16,18-22H2,1-2H3,(H,35,40)(H,36,41)(H,37,42)/t25?,28-,29-/m0/s1. The molecule has 44 heavy (non-hydrogen) atoms. The Hall–Kier alpha value is -3.92. The van der Waals surface area contributed by atoms with Crippen LogP contribution in [0, 0.1) is 18.3 Å². The number of aryl methyl sites for hydroxylation is 2. The minimum Gasteiger partial charge on any atom is -0.494 e. The van der Waals surface area contributed by atoms with Gasteiger partial charge in [0.15, 0.2) is 0 Å². The molecule has 1 unspecified atom stereocenters. The third kappa shape index (κ3) is 7.96. The quantitative estimate of drug-likeness (QED) is 0.482. The average molecular weight is 605 g/mol. The van der Waals surface area contributed by atoms with Crippen molar-refractivity contribution in [1.29, 1.82) is 0 Å². The van der Waals surface area contributed by atoms with Gasteiger partial charge in [-0.15, -0.1) is 0 Å². The van der Waals surface area contributed by atoms with Gasteiger partial charge in [0, 0.05) is 19.6 Å². The fraction of sp³-hybridized carbons (Fsp3) is 0.529. The highest BCUT2D eigenvalue weighted by atomic mass is 16.5. The van der Waals surface area contributed by atoms with E-state index in [-0.39, 0.29) is 49.8 Å². The molecule has 3 aliphatic heterocycles. The largest absolute Gasteiger partial charge is 0.494 e. The van der Waals surface area contributed by atoms with E-state index in [1.165, 1.54) is 0 Å². The first-order valence-corrected chi connectivity index (χ1v) is 15.7. The monoisotopic (exact) mass is 604 g/mol. The molecule has 10 heteroatoms. The summed E-state index contributed by atoms with van der Waals surface area (Å²) in [6, 6.07) is 13.6. The number of amides is 4. The minimum atomic E-state index is -1.12. The van der Waals surface area contributed by atoms with Gasteiger partial charge in [-0.05, 0) is 80.7 Å². The van der Waals surface area contributed by atoms with Crippen LogP contribution in [0.2, 0.25) is 0 Å². The van der Waals surface area contributed by atoms with Gasteiger partial charge in [-0.25, -0.2) is 0 Å². The Morgan fingerprint density at radius 2 is 1.86 bits per heavy atom. The van der Waals surface area contributed by atoms with Crippen LogP contribution in [0.5, 0.6) is 5.75 Å². The van der Waals surface area contributed by atoms with Crippen molar-refractivity contribution >= 4 is 23.6 Å². The van der Waals surface area contributed by atoms with Crippen molar-refractivity contribution in [3.05, 3.63) is 65.2 Å². The lowest BCUT2D eigenvalue weighted by atomic mass is 9.87. The van der Waals surface area contributed by atoms with Crippen molar-refractivity contribution in [2.75, 3.05) is 32.9 Å². The smallest absolute Gasteiger partial charge is 0.243 e. The van der Waals surface area contributed by atoms with Gasteiger partial charge in [-0.3, -0.25) is 19.2 Å². The molecule has 10 nitrogen and oxygen atoms in total. The molecule has 2 saturated heterocycles. The van der Waals surface area contributed by atoms with Crippen LogP contribution in [-0.2, 0) is 36.9 Å². The van der Waals surface area contributed by atoms with E-state index in [9.17, 15) is 19.2 Å². The van der Waals surface area contributed by atoms with Gasteiger partial charge in [0.1, 0.15) is 17.8 Å². The third-order valence-corrected chi connectivity index (χ3v) is 9.03. The molecule has 0 saturated carbocycles. The number of nitrogens with zero attached hydrogens (tertiary/aromatic N) is 1. The number of piperidine rings is 1. The summed E-state index contributed by atoms with van der Waals surface area (Å²) >= 11 is 0. The van der Waals surface area contributed by atoms with Gasteiger partial charge >= 0.3 is 0 Å². The second kappa shape index (κ2) is 14.2. The van der Waals surface area contributed by atoms with Crippen LogP contribution in [0.25, 0.3) is 0 Å². The van der Waals surface area contributed by atoms with Crippen LogP contribution in [-0.4, -0.2) is 73.5 Å². The number of benzene rings is 2. The molecular formula is C34H44N4O6. The summed E-state index contributed by atoms with van der Waals surface area (Å²) < 4.78 is 11.4. The third-order valence-electron chi connectivity index (χ3n) is 9.03. The van der Waals surface area contributed by atoms with Crippen LogP contribution >= 0.6 is 0 Å². The number of ether oxygens (including phenoxy) is 2. The van der Waals surface area contributed by atoms with Crippen molar-refractivity contribution < 1.29 is 28.7 Å². The van der Waals surface area contributed by atoms with Crippen LogP contribution in [0.3, 0.4) is 0 Å². The van der Waals surface area contributed by atoms with Crippen molar-refractivity contribution in [3.8, 4) is 5.75 Å². The van der Waals surface area contributed by atoms with Crippen molar-refractivity contribution in [2.24, 2.45) is 11.3 Å². The molecule has 0 aliphatic carbocycles. The van der Waals surface area contributed by atoms with E-state index >= 15 is 0 Å². The molecule has 0 spiro atoms. The van der Waals surface area contributed by atoms with E-state index in [0.29, 0.717) is 32.5 Å². The van der Waals surface area contributed by atoms with Gasteiger partial charge in [0.25, 0.3) is 0 Å². The zero-order valence-corrected chi connectivity index (χ0v) is 25.7. The predicted molar refractivity (Wildman–Crippen MR) is 165 cm³/mol. The second-order valence-corrected chi connectivity index (χ2v) is 12.7. The zero-order valence-electron chi connectivity index (χ0n) is 25.7. The Morgan fingerprint density at radius 3 is 2.61 bits per heavy atom. The number of carbonyl (C=O) groups is 4. The van der Waals surface area contributed by atoms with E-state index in [4.69, 9.17) is 9.47 Å². The highest BCUT2D eigenvalue weighted by Crippen LogP contribution is 2.27. The van der Waals surface area contributed by atoms with Crippen molar-refractivity contribution in [2.45, 2.75) is 71.0 Å². The van der Waals surface area contributed by atoms with Crippen molar-refractivity contribution in [3.63, 3.8) is 0 Å². The molecule has 3 N–H and O–H groups in total. The highest BCUT2D eigenvalue weighted by molar-refractivity contribution is 5.96. The Labute approximate surface area is 259 Å². The number of carbonyl (C=O) groups excluding carboxylic acids is 4. The molecular weight excluding hydrogens is 560 g/mol. The summed E-state index contributed by atoms with van der Waals surface area (Å²) in [6.45, 7) is 6.24. The normalized spacial score (nSPS) is 24.5. The molecule has 236 valence electrons. The number of rotatable bonds is 5. The molecule has 0 radical (unpaired) electrons. The molecule has 4 amide bonds. The SMILES string of the molecule is Cc1ccc2cc1CNC(=O)[C@H](CCc1ccccc1)NC(=O)[C@@H](NC(=O)C1(C)COC1)CC(=O)N1CCCC(CCO2)C1. The Bertz CT molecular complexity index is 1340. The fourth-order valence-electron chi connectivity index (χ4n) is 5.99. The van der Waals surface area contributed by atoms with Gasteiger partial charge in [0.2, 0.25) is 23.6 Å². The number of hydrogen-bond acceptors (Lipinski definition) is 6. The lowest BCUT2D eigenvalue weighted by Crippen LogP contribution is -2.59. The molecule has 2 aromatic rings. The molecule has 3 aliphatic rings. The van der Waals surface area contributed by atoms with Crippen LogP contribution in [0.4, 0.5) is 0 Å². The number of nitrogens with one attached hydrogen (secondary N) is 3. The van der Waals surface area contributed by atoms with E-state index in [1.807, 2.05) is 55.5 Å². The van der Waals surface area contributed by atoms with Crippen LogP contribution < -0.4 is 20.7 Å². The van der Waals surface area contributed by atoms with Gasteiger partial charge in [-0.1, -0.05) is 36.4 Å². The predicted octanol–water partition coefficient (Wildman–Crippen LogP) is 2.66. The Kier molecular flexibility index (Phi) is 10.2. The zero-order chi connectivity index (χ0) is 31.1. The van der Waals surface area contributed by atoms with Gasteiger partial charge in [-0.2, -0.15) is 0 Å². The van der Waals surface area contributed by atoms with E-state index < -0.39 is 23.4 Å². The first-order chi connectivity index (χ1) is 21.2. The topological polar surface area (TPSA) is 126 Å². The van der Waals surface area contributed by atoms with Crippen LogP contribution in [0.15, 0.2) is 48.5 Å². The van der Waals surface area contributed by atoms with Crippen LogP contribution in [0.1, 0.15) is 55.7 Å². The maximum Gasteiger partial charge on any atom is 0.243 e. The first-order valence-electron chi connectivity index (χ1n) is 15.7. The molecule has 5 rings (SSSR count). The first kappa shape index (κ1) is 31.5. The maximum absolute atomic E-state index is 13.8. The molecule has 0 aromatic heterocycles. The van der Waals surface area contributed by atoms with Gasteiger partial charge < -0.3 is 30.3 Å². The lowest BCUT2D eigenvalue weighted by molar-refractivity contribution is -0.159. The lowest BCUT2D eigenvalue weighted by Gasteiger charge is -2.38. The summed E-state index contributed by atoms with van der Waals surface area (Å²) in [5.74, 6) is -0.400. The summed E-state index contributed by atoms with van der Waals surface area (Å²) in [4.78, 5) is 56.0. The van der Waals surface area contributed by atoms with E-state index in [2.05, 4.69) is 16.0 Å². The average Bonchev–Trinajstić information content (AvgIpc) is 3.01. The Balaban J connectivity index is 1.40. The molecule has 3 heterocycles. The molecule has 3 atom stereocenters. The van der Waals surface area contributed by atoms with E-state index in [1.54, 1.807) is 11.8 Å². The molecule has 2 fully saturated rings. The highest BCUT2D eigenvalue weighted by Gasteiger charge is 2.43. The summed E-state index contributed by atoms with van der Waals surface area (Å²) in [5.41, 5.74) is 2.23. The molecule has 2 aromatic carbocycles. The number of fused-ring (bicyclic) bond motifs is 4. The minimum absolute atomic E-state index is 0.186. The summed E-state index contributed by atoms with van der Waals surface area (Å²) in [5, 5.41) is 8.71. The van der Waals surface area contributed by atoms with E-state index in [0.717, 1.165) is 41.7 Å². The Morgan fingerprint density at radius 1 is 1.07 bits per heavy atom. The summed E-state index contributed by atoms with van der Waals surface area (Å²) in [7, 11) is 0. The van der Waals surface area contributed by atoms with Crippen molar-refractivity contribution in [1.82, 2.24) is 20.9 Å². The second-order valence-electron chi connectivity index (χ2n) is 12.7. The fourth-order valence-corrected chi connectivity index (χ4v) is 5.99. The maximum atomic E-state index is 13.8. The van der Waals surface area contributed by atoms with Gasteiger partial charge in [0.05, 0.1) is 31.7 Å². The summed E-state index contributed by atoms with van der Waals surface area (Å²) in [6.07, 6.45) is 3.38.